The van der Waals surface area contributed by atoms with Crippen LogP contribution in [0.5, 0.6) is 0 Å². The molecule has 152 valence electrons. The van der Waals surface area contributed by atoms with Crippen molar-refractivity contribution in [2.24, 2.45) is 0 Å². The van der Waals surface area contributed by atoms with Crippen molar-refractivity contribution in [1.29, 1.82) is 0 Å². The third-order valence-electron chi connectivity index (χ3n) is 5.70. The monoisotopic (exact) mass is 400 g/mol. The molecule has 1 N–H and O–H groups in total. The molecule has 1 aliphatic heterocycles. The number of carboxylic acids is 1. The summed E-state index contributed by atoms with van der Waals surface area (Å²) in [4.78, 5) is 12.0. The number of fused-ring (bicyclic) bond motifs is 2. The normalized spacial score (nSPS) is 11.2. The Morgan fingerprint density at radius 1 is 0.967 bits per heavy atom. The van der Waals surface area contributed by atoms with Gasteiger partial charge < -0.3 is 9.52 Å². The molecule has 0 atom stereocenters. The van der Waals surface area contributed by atoms with E-state index in [0.29, 0.717) is 11.1 Å². The van der Waals surface area contributed by atoms with E-state index in [2.05, 4.69) is 42.7 Å². The van der Waals surface area contributed by atoms with E-state index in [0.717, 1.165) is 57.4 Å². The first-order valence-corrected chi connectivity index (χ1v) is 10.3. The minimum Gasteiger partial charge on any atom is -0.478 e. The van der Waals surface area contributed by atoms with Crippen molar-refractivity contribution >= 4 is 16.9 Å². The van der Waals surface area contributed by atoms with Gasteiger partial charge in [0.05, 0.1) is 11.6 Å². The maximum absolute atomic E-state index is 12.0. The molecule has 0 radical (unpaired) electrons. The average Bonchev–Trinajstić information content (AvgIpc) is 2.72. The summed E-state index contributed by atoms with van der Waals surface area (Å²) in [6.45, 7) is 10.2. The van der Waals surface area contributed by atoms with E-state index in [1.165, 1.54) is 0 Å². The standard InChI is InChI=1S/C26H25NO3/c1-5-27(6-2)18-11-12-21-22(15-18)30-23-14-16(3)13-17(4)24(23)25(21)19-9-7-8-10-20(19)26(28)29/h7-15H,5-6H2,1-4H3/p+1. The van der Waals surface area contributed by atoms with Crippen LogP contribution in [0.2, 0.25) is 0 Å². The molecule has 0 amide bonds. The maximum atomic E-state index is 12.0. The lowest BCUT2D eigenvalue weighted by atomic mass is 9.89. The molecule has 1 heterocycles. The maximum Gasteiger partial charge on any atom is 0.336 e. The van der Waals surface area contributed by atoms with Crippen molar-refractivity contribution in [3.63, 3.8) is 0 Å². The lowest BCUT2D eigenvalue weighted by Gasteiger charge is -2.18. The Kier molecular flexibility index (Phi) is 5.17. The molecule has 0 saturated heterocycles. The molecule has 30 heavy (non-hydrogen) atoms. The van der Waals surface area contributed by atoms with Crippen LogP contribution in [-0.4, -0.2) is 24.2 Å². The predicted octanol–water partition coefficient (Wildman–Crippen LogP) is 5.33. The van der Waals surface area contributed by atoms with Crippen molar-refractivity contribution in [1.82, 2.24) is 4.58 Å². The van der Waals surface area contributed by atoms with Crippen molar-refractivity contribution in [2.45, 2.75) is 27.7 Å². The Morgan fingerprint density at radius 3 is 2.40 bits per heavy atom. The van der Waals surface area contributed by atoms with E-state index >= 15 is 0 Å². The fourth-order valence-electron chi connectivity index (χ4n) is 4.34. The lowest BCUT2D eigenvalue weighted by molar-refractivity contribution is 0.0697. The Labute approximate surface area is 176 Å². The zero-order valence-corrected chi connectivity index (χ0v) is 17.8. The number of nitrogens with zero attached hydrogens (tertiary/aromatic N) is 1. The number of hydrogen-bond donors (Lipinski definition) is 1. The topological polar surface area (TPSA) is 53.5 Å². The van der Waals surface area contributed by atoms with Gasteiger partial charge in [-0.25, -0.2) is 9.37 Å². The summed E-state index contributed by atoms with van der Waals surface area (Å²) in [5, 5.41) is 11.9. The Morgan fingerprint density at radius 2 is 1.70 bits per heavy atom. The quantitative estimate of drug-likeness (QED) is 0.372. The first kappa shape index (κ1) is 19.9. The summed E-state index contributed by atoms with van der Waals surface area (Å²) in [5.41, 5.74) is 5.77. The average molecular weight is 400 g/mol. The molecular formula is C26H26NO3+. The number of aromatic carboxylic acids is 1. The molecule has 0 aromatic heterocycles. The molecule has 1 aliphatic carbocycles. The number of carboxylic acid groups (broad SMARTS) is 1. The molecule has 4 rings (SSSR count). The number of rotatable bonds is 4. The van der Waals surface area contributed by atoms with Gasteiger partial charge in [0, 0.05) is 22.6 Å². The van der Waals surface area contributed by atoms with Crippen LogP contribution < -0.4 is 9.93 Å². The SMILES string of the molecule is CC[N+](CC)=c1ccc2c(-c3ccccc3C(=O)O)c3c(C)cc(C)cc3oc-2c1. The van der Waals surface area contributed by atoms with Crippen LogP contribution in [0, 0.1) is 13.8 Å². The fraction of sp³-hybridized carbons (Fsp3) is 0.231. The highest BCUT2D eigenvalue weighted by atomic mass is 16.4. The van der Waals surface area contributed by atoms with Crippen molar-refractivity contribution in [3.8, 4) is 22.5 Å². The van der Waals surface area contributed by atoms with E-state index < -0.39 is 5.97 Å². The highest BCUT2D eigenvalue weighted by Gasteiger charge is 2.23. The minimum atomic E-state index is -0.933. The third kappa shape index (κ3) is 3.28. The largest absolute Gasteiger partial charge is 0.478 e. The van der Waals surface area contributed by atoms with Crippen LogP contribution in [0.1, 0.15) is 35.3 Å². The Balaban J connectivity index is 2.22. The first-order chi connectivity index (χ1) is 14.4. The lowest BCUT2D eigenvalue weighted by Crippen LogP contribution is -2.29. The van der Waals surface area contributed by atoms with Crippen LogP contribution in [0.15, 0.2) is 59.0 Å². The molecule has 0 saturated carbocycles. The summed E-state index contributed by atoms with van der Waals surface area (Å²) in [5.74, 6) is -0.177. The zero-order chi connectivity index (χ0) is 21.4. The Bertz CT molecular complexity index is 1310. The van der Waals surface area contributed by atoms with Gasteiger partial charge in [-0.2, -0.15) is 0 Å². The van der Waals surface area contributed by atoms with Gasteiger partial charge in [0.1, 0.15) is 24.4 Å². The van der Waals surface area contributed by atoms with Gasteiger partial charge in [0.15, 0.2) is 0 Å². The van der Waals surface area contributed by atoms with Gasteiger partial charge in [-0.3, -0.25) is 0 Å². The van der Waals surface area contributed by atoms with Gasteiger partial charge in [-0.1, -0.05) is 24.3 Å². The number of aryl methyl sites for hydroxylation is 2. The van der Waals surface area contributed by atoms with E-state index in [4.69, 9.17) is 4.42 Å². The predicted molar refractivity (Wildman–Crippen MR) is 121 cm³/mol. The van der Waals surface area contributed by atoms with E-state index in [9.17, 15) is 9.90 Å². The smallest absolute Gasteiger partial charge is 0.336 e. The number of carbonyl (C=O) groups is 1. The van der Waals surface area contributed by atoms with E-state index in [1.807, 2.05) is 32.0 Å². The molecule has 4 nitrogen and oxygen atoms in total. The summed E-state index contributed by atoms with van der Waals surface area (Å²) in [6, 6.07) is 17.5. The van der Waals surface area contributed by atoms with Gasteiger partial charge >= 0.3 is 5.97 Å². The van der Waals surface area contributed by atoms with Crippen molar-refractivity contribution in [3.05, 3.63) is 76.6 Å². The first-order valence-electron chi connectivity index (χ1n) is 10.3. The second-order valence-electron chi connectivity index (χ2n) is 7.64. The Hall–Kier alpha value is -3.40. The zero-order valence-electron chi connectivity index (χ0n) is 17.8. The van der Waals surface area contributed by atoms with E-state index in [1.54, 1.807) is 12.1 Å². The summed E-state index contributed by atoms with van der Waals surface area (Å²) >= 11 is 0. The fourth-order valence-corrected chi connectivity index (χ4v) is 4.34. The molecule has 0 spiro atoms. The second-order valence-corrected chi connectivity index (χ2v) is 7.64. The summed E-state index contributed by atoms with van der Waals surface area (Å²) < 4.78 is 8.65. The van der Waals surface area contributed by atoms with Crippen LogP contribution >= 0.6 is 0 Å². The van der Waals surface area contributed by atoms with Crippen molar-refractivity contribution in [2.75, 3.05) is 13.1 Å². The number of benzene rings is 3. The molecule has 0 bridgehead atoms. The highest BCUT2D eigenvalue weighted by Crippen LogP contribution is 2.42. The molecule has 4 heteroatoms. The molecule has 2 aromatic carbocycles. The molecular weight excluding hydrogens is 374 g/mol. The summed E-state index contributed by atoms with van der Waals surface area (Å²) in [6.07, 6.45) is 0. The van der Waals surface area contributed by atoms with Gasteiger partial charge in [0.25, 0.3) is 0 Å². The molecule has 0 fully saturated rings. The number of hydrogen-bond acceptors (Lipinski definition) is 2. The van der Waals surface area contributed by atoms with Gasteiger partial charge in [-0.05, 0) is 62.6 Å². The van der Waals surface area contributed by atoms with Crippen LogP contribution in [0.3, 0.4) is 0 Å². The molecule has 0 unspecified atom stereocenters. The van der Waals surface area contributed by atoms with Crippen LogP contribution in [-0.2, 0) is 0 Å². The summed E-state index contributed by atoms with van der Waals surface area (Å²) in [7, 11) is 0. The second kappa shape index (κ2) is 7.79. The molecule has 2 aromatic rings. The van der Waals surface area contributed by atoms with Crippen LogP contribution in [0.4, 0.5) is 0 Å². The van der Waals surface area contributed by atoms with E-state index in [-0.39, 0.29) is 0 Å². The van der Waals surface area contributed by atoms with Gasteiger partial charge in [-0.15, -0.1) is 0 Å². The van der Waals surface area contributed by atoms with Crippen LogP contribution in [0.25, 0.3) is 33.4 Å². The third-order valence-corrected chi connectivity index (χ3v) is 5.70. The highest BCUT2D eigenvalue weighted by molar-refractivity contribution is 6.08. The molecule has 2 aliphatic rings. The minimum absolute atomic E-state index is 0.291. The van der Waals surface area contributed by atoms with Gasteiger partial charge in [0.2, 0.25) is 5.36 Å². The van der Waals surface area contributed by atoms with Crippen molar-refractivity contribution < 1.29 is 14.3 Å².